The van der Waals surface area contributed by atoms with Crippen LogP contribution in [0.1, 0.15) is 65.8 Å². The number of aryl methyl sites for hydroxylation is 1. The number of pyridine rings is 1. The van der Waals surface area contributed by atoms with Crippen LogP contribution in [0.4, 0.5) is 5.82 Å². The number of unbranched alkanes of at least 4 members (excludes halogenated alkanes) is 3. The topological polar surface area (TPSA) is 115 Å². The van der Waals surface area contributed by atoms with Crippen molar-refractivity contribution in [2.24, 2.45) is 0 Å². The lowest BCUT2D eigenvalue weighted by Gasteiger charge is -2.13. The second-order valence-electron chi connectivity index (χ2n) is 6.88. The Morgan fingerprint density at radius 3 is 2.59 bits per heavy atom. The number of carbonyl (C=O) groups excluding carboxylic acids is 2. The van der Waals surface area contributed by atoms with Crippen LogP contribution < -0.4 is 15.8 Å². The van der Waals surface area contributed by atoms with Crippen LogP contribution in [0.5, 0.6) is 11.5 Å². The molecule has 0 radical (unpaired) electrons. The van der Waals surface area contributed by atoms with Crippen LogP contribution in [0.25, 0.3) is 0 Å². The SMILES string of the molecule is CCc1cc(C(C)=O)c(O)cc1OCCCCCCNC(=O)c1ccc(N)nc1. The molecule has 1 aromatic carbocycles. The van der Waals surface area contributed by atoms with Gasteiger partial charge in [0, 0.05) is 18.8 Å². The number of nitrogens with one attached hydrogen (secondary N) is 1. The number of aromatic hydroxyl groups is 1. The van der Waals surface area contributed by atoms with Gasteiger partial charge in [-0.25, -0.2) is 4.98 Å². The first kappa shape index (κ1) is 22.2. The molecule has 0 fully saturated rings. The fourth-order valence-electron chi connectivity index (χ4n) is 2.91. The predicted octanol–water partition coefficient (Wildman–Crippen LogP) is 3.50. The minimum absolute atomic E-state index is 0.0447. The number of aromatic nitrogens is 1. The summed E-state index contributed by atoms with van der Waals surface area (Å²) in [7, 11) is 0. The van der Waals surface area contributed by atoms with Gasteiger partial charge in [0.2, 0.25) is 0 Å². The van der Waals surface area contributed by atoms with E-state index < -0.39 is 0 Å². The van der Waals surface area contributed by atoms with E-state index in [0.717, 1.165) is 37.7 Å². The number of phenols is 1. The lowest BCUT2D eigenvalue weighted by Crippen LogP contribution is -2.24. The smallest absolute Gasteiger partial charge is 0.252 e. The average molecular weight is 399 g/mol. The molecule has 0 saturated heterocycles. The number of amides is 1. The number of carbonyl (C=O) groups is 2. The highest BCUT2D eigenvalue weighted by molar-refractivity contribution is 5.97. The number of rotatable bonds is 11. The highest BCUT2D eigenvalue weighted by Crippen LogP contribution is 2.29. The zero-order valence-corrected chi connectivity index (χ0v) is 17.0. The van der Waals surface area contributed by atoms with Gasteiger partial charge in [-0.3, -0.25) is 9.59 Å². The van der Waals surface area contributed by atoms with Crippen molar-refractivity contribution in [3.8, 4) is 11.5 Å². The molecule has 0 aliphatic carbocycles. The Balaban J connectivity index is 1.65. The molecule has 2 rings (SSSR count). The van der Waals surface area contributed by atoms with Crippen molar-refractivity contribution >= 4 is 17.5 Å². The Hall–Kier alpha value is -3.09. The zero-order valence-electron chi connectivity index (χ0n) is 17.0. The molecule has 1 amide bonds. The summed E-state index contributed by atoms with van der Waals surface area (Å²) < 4.78 is 5.80. The van der Waals surface area contributed by atoms with E-state index in [-0.39, 0.29) is 17.4 Å². The van der Waals surface area contributed by atoms with Gasteiger partial charge in [-0.2, -0.15) is 0 Å². The molecular formula is C22H29N3O4. The Morgan fingerprint density at radius 2 is 1.93 bits per heavy atom. The summed E-state index contributed by atoms with van der Waals surface area (Å²) in [6.07, 6.45) is 5.88. The van der Waals surface area contributed by atoms with E-state index in [1.165, 1.54) is 19.2 Å². The summed E-state index contributed by atoms with van der Waals surface area (Å²) in [4.78, 5) is 27.4. The maximum atomic E-state index is 11.9. The number of nitrogen functional groups attached to an aromatic ring is 1. The standard InChI is InChI=1S/C22H29N3O4/c1-3-16-12-18(15(2)26)19(27)13-20(16)29-11-7-5-4-6-10-24-22(28)17-8-9-21(23)25-14-17/h8-9,12-14,27H,3-7,10-11H2,1-2H3,(H2,23,25)(H,24,28). The summed E-state index contributed by atoms with van der Waals surface area (Å²) in [6.45, 7) is 4.56. The van der Waals surface area contributed by atoms with Crippen molar-refractivity contribution in [3.05, 3.63) is 47.2 Å². The molecule has 156 valence electrons. The minimum atomic E-state index is -0.163. The number of nitrogens with zero attached hydrogens (tertiary/aromatic N) is 1. The lowest BCUT2D eigenvalue weighted by atomic mass is 10.0. The van der Waals surface area contributed by atoms with E-state index in [1.807, 2.05) is 6.92 Å². The first-order chi connectivity index (χ1) is 13.9. The second-order valence-corrected chi connectivity index (χ2v) is 6.88. The Labute approximate surface area is 171 Å². The molecule has 1 heterocycles. The van der Waals surface area contributed by atoms with Crippen LogP contribution in [0.3, 0.4) is 0 Å². The number of ether oxygens (including phenoxy) is 1. The van der Waals surface area contributed by atoms with Crippen LogP contribution in [0.2, 0.25) is 0 Å². The van der Waals surface area contributed by atoms with Gasteiger partial charge in [0.25, 0.3) is 5.91 Å². The molecule has 0 atom stereocenters. The van der Waals surface area contributed by atoms with Crippen molar-refractivity contribution in [2.75, 3.05) is 18.9 Å². The molecular weight excluding hydrogens is 370 g/mol. The highest BCUT2D eigenvalue weighted by Gasteiger charge is 2.12. The molecule has 0 aliphatic heterocycles. The molecule has 0 bridgehead atoms. The van der Waals surface area contributed by atoms with Crippen molar-refractivity contribution in [1.82, 2.24) is 10.3 Å². The second kappa shape index (κ2) is 11.0. The maximum absolute atomic E-state index is 11.9. The Bertz CT molecular complexity index is 835. The van der Waals surface area contributed by atoms with E-state index in [1.54, 1.807) is 18.2 Å². The zero-order chi connectivity index (χ0) is 21.2. The monoisotopic (exact) mass is 399 g/mol. The van der Waals surface area contributed by atoms with Crippen LogP contribution >= 0.6 is 0 Å². The van der Waals surface area contributed by atoms with Gasteiger partial charge in [0.05, 0.1) is 17.7 Å². The first-order valence-electron chi connectivity index (χ1n) is 9.91. The van der Waals surface area contributed by atoms with Gasteiger partial charge in [0.1, 0.15) is 17.3 Å². The Kier molecular flexibility index (Phi) is 8.45. The van der Waals surface area contributed by atoms with Gasteiger partial charge in [-0.15, -0.1) is 0 Å². The minimum Gasteiger partial charge on any atom is -0.507 e. The molecule has 0 aliphatic rings. The molecule has 29 heavy (non-hydrogen) atoms. The van der Waals surface area contributed by atoms with Crippen molar-refractivity contribution < 1.29 is 19.4 Å². The van der Waals surface area contributed by atoms with Gasteiger partial charge in [-0.1, -0.05) is 19.8 Å². The predicted molar refractivity (Wildman–Crippen MR) is 112 cm³/mol. The number of benzene rings is 1. The number of Topliss-reactive ketones (excluding diaryl/α,β-unsaturated/α-hetero) is 1. The number of hydrogen-bond acceptors (Lipinski definition) is 6. The normalized spacial score (nSPS) is 10.6. The lowest BCUT2D eigenvalue weighted by molar-refractivity contribution is 0.0951. The quantitative estimate of drug-likeness (QED) is 0.393. The molecule has 2 aromatic rings. The first-order valence-corrected chi connectivity index (χ1v) is 9.91. The van der Waals surface area contributed by atoms with Gasteiger partial charge in [0.15, 0.2) is 5.78 Å². The van der Waals surface area contributed by atoms with Crippen molar-refractivity contribution in [1.29, 1.82) is 0 Å². The average Bonchev–Trinajstić information content (AvgIpc) is 2.70. The summed E-state index contributed by atoms with van der Waals surface area (Å²) in [5, 5.41) is 12.8. The van der Waals surface area contributed by atoms with Gasteiger partial charge < -0.3 is 20.9 Å². The summed E-state index contributed by atoms with van der Waals surface area (Å²) >= 11 is 0. The van der Waals surface area contributed by atoms with Crippen LogP contribution in [-0.4, -0.2) is 34.9 Å². The van der Waals surface area contributed by atoms with E-state index in [9.17, 15) is 14.7 Å². The summed E-state index contributed by atoms with van der Waals surface area (Å²) in [5.41, 5.74) is 7.24. The van der Waals surface area contributed by atoms with Crippen LogP contribution in [0.15, 0.2) is 30.5 Å². The summed E-state index contributed by atoms with van der Waals surface area (Å²) in [5.74, 6) is 0.654. The molecule has 4 N–H and O–H groups in total. The Morgan fingerprint density at radius 1 is 1.17 bits per heavy atom. The van der Waals surface area contributed by atoms with Crippen LogP contribution in [-0.2, 0) is 6.42 Å². The molecule has 7 heteroatoms. The molecule has 0 unspecified atom stereocenters. The number of hydrogen-bond donors (Lipinski definition) is 3. The number of anilines is 1. The number of phenolic OH excluding ortho intramolecular Hbond substituents is 1. The maximum Gasteiger partial charge on any atom is 0.252 e. The summed E-state index contributed by atoms with van der Waals surface area (Å²) in [6, 6.07) is 6.48. The largest absolute Gasteiger partial charge is 0.507 e. The van der Waals surface area contributed by atoms with Crippen LogP contribution in [0, 0.1) is 0 Å². The third-order valence-corrected chi connectivity index (χ3v) is 4.60. The van der Waals surface area contributed by atoms with Gasteiger partial charge >= 0.3 is 0 Å². The van der Waals surface area contributed by atoms with Gasteiger partial charge in [-0.05, 0) is 49.9 Å². The molecule has 1 aromatic heterocycles. The molecule has 0 saturated carbocycles. The van der Waals surface area contributed by atoms with E-state index >= 15 is 0 Å². The van der Waals surface area contributed by atoms with E-state index in [4.69, 9.17) is 10.5 Å². The fourth-order valence-corrected chi connectivity index (χ4v) is 2.91. The van der Waals surface area contributed by atoms with Crippen molar-refractivity contribution in [2.45, 2.75) is 46.0 Å². The number of ketones is 1. The van der Waals surface area contributed by atoms with E-state index in [2.05, 4.69) is 10.3 Å². The fraction of sp³-hybridized carbons (Fsp3) is 0.409. The van der Waals surface area contributed by atoms with Crippen molar-refractivity contribution in [3.63, 3.8) is 0 Å². The highest BCUT2D eigenvalue weighted by atomic mass is 16.5. The molecule has 0 spiro atoms. The third-order valence-electron chi connectivity index (χ3n) is 4.60. The van der Waals surface area contributed by atoms with E-state index in [0.29, 0.717) is 35.8 Å². The third kappa shape index (κ3) is 6.78. The number of nitrogens with two attached hydrogens (primary N) is 1. The molecule has 7 nitrogen and oxygen atoms in total.